The first kappa shape index (κ1) is 103. The van der Waals surface area contributed by atoms with Crippen molar-refractivity contribution in [2.24, 2.45) is 5.73 Å². The minimum atomic E-state index is -1.05. The van der Waals surface area contributed by atoms with Crippen molar-refractivity contribution in [1.82, 2.24) is 16.0 Å². The van der Waals surface area contributed by atoms with Gasteiger partial charge in [0, 0.05) is 180 Å². The first-order valence-corrected chi connectivity index (χ1v) is 30.8. The Hall–Kier alpha value is -2.79. The SMILES string of the molecule is C.CCCCCC(=O)CC(N)C(O)CO.CCCCCC(=O)CC(NC(=O)OCc1ccccc1)C(=O)CBr.CCCCCC(=O)CC(NC(=O)OCc1ccccc1)C(=O)CO.CCCCCC(=O)CC(NC(=O)OCc1ccccc1)C(=O)CO.F.[2HH].[Ar].[Ar].[Ar].[B]. The molecule has 0 aliphatic rings. The summed E-state index contributed by atoms with van der Waals surface area (Å²) in [5, 5.41) is 43.0. The van der Waals surface area contributed by atoms with Crippen LogP contribution in [0.15, 0.2) is 91.0 Å². The number of hydrogen-bond acceptors (Lipinski definition) is 18. The summed E-state index contributed by atoms with van der Waals surface area (Å²) in [4.78, 5) is 118. The number of benzene rings is 3. The van der Waals surface area contributed by atoms with E-state index in [1.165, 1.54) is 0 Å². The minimum Gasteiger partial charge on any atom is -0.445 e. The van der Waals surface area contributed by atoms with Crippen LogP contribution in [0.1, 0.15) is 182 Å². The van der Waals surface area contributed by atoms with Crippen molar-refractivity contribution < 1.29 is 202 Å². The van der Waals surface area contributed by atoms with Crippen molar-refractivity contribution in [3.63, 3.8) is 0 Å². The molecule has 21 nitrogen and oxygen atoms in total. The number of nitrogens with two attached hydrogens (primary N) is 1. The number of alkyl halides is 1. The molecule has 5 atom stereocenters. The molecule has 27 heteroatoms. The van der Waals surface area contributed by atoms with Gasteiger partial charge in [-0.3, -0.25) is 38.3 Å². The predicted octanol–water partition coefficient (Wildman–Crippen LogP) is 9.41. The molecular formula is C65H102Ar3BBrFN4O17. The number of aliphatic hydroxyl groups excluding tert-OH is 4. The van der Waals surface area contributed by atoms with Crippen LogP contribution in [-0.4, -0.2) is 143 Å². The van der Waals surface area contributed by atoms with E-state index >= 15 is 0 Å². The van der Waals surface area contributed by atoms with E-state index in [-0.39, 0.29) is 222 Å². The van der Waals surface area contributed by atoms with Gasteiger partial charge in [-0.25, -0.2) is 14.4 Å². The number of alkyl carbamates (subject to hydrolysis) is 3. The Morgan fingerprint density at radius 1 is 0.457 bits per heavy atom. The topological polar surface area (TPSA) is 341 Å². The molecular weight excluding hydrogens is 1340 g/mol. The molecule has 0 heterocycles. The fraction of sp³-hybridized carbons (Fsp3) is 0.569. The quantitative estimate of drug-likeness (QED) is 0.0113. The zero-order chi connectivity index (χ0) is 64.3. The van der Waals surface area contributed by atoms with Gasteiger partial charge in [-0.1, -0.05) is 193 Å². The van der Waals surface area contributed by atoms with E-state index in [9.17, 15) is 47.9 Å². The molecule has 0 bridgehead atoms. The van der Waals surface area contributed by atoms with E-state index in [0.29, 0.717) is 25.7 Å². The van der Waals surface area contributed by atoms with Crippen LogP contribution in [0.2, 0.25) is 0 Å². The number of nitrogens with one attached hydrogen (secondary N) is 3. The molecule has 3 rings (SSSR count). The number of aliphatic hydroxyl groups is 4. The molecule has 0 aliphatic heterocycles. The number of amides is 3. The average Bonchev–Trinajstić information content (AvgIpc) is 2.84. The number of rotatable bonds is 41. The number of ether oxygens (including phenoxy) is 3. The van der Waals surface area contributed by atoms with E-state index in [1.54, 1.807) is 24.3 Å². The summed E-state index contributed by atoms with van der Waals surface area (Å²) in [6.45, 7) is 6.61. The number of carbonyl (C=O) groups is 10. The van der Waals surface area contributed by atoms with Gasteiger partial charge in [0.1, 0.15) is 68.3 Å². The van der Waals surface area contributed by atoms with Crippen LogP contribution in [0.4, 0.5) is 19.1 Å². The minimum absolute atomic E-state index is 0. The summed E-state index contributed by atoms with van der Waals surface area (Å²) < 4.78 is 15.2. The standard InChI is InChI=1S/C18H24BrNO4.2C18H25NO5.C10H21NO3.CH4.3Ar.B.FH.H2/c1-2-3-5-10-15(21)11-16(17(22)12-19)20-18(23)24-13-14-8-6-4-7-9-14;2*1-2-3-5-10-15(21)11-16(17(22)12-20)19-18(23)24-13-14-8-6-4-7-9-14;1-2-3-4-5-8(13)6-9(11)10(14)7-12;;;;;;;/h4,6-9,16H,2-3,5,10-13H2,1H3,(H,20,23);2*4,6-9,16,20H,2-3,5,10-13H2,1H3,(H,19,23);9-10,12,14H,2-7,11H2,1H3;1H4;;;;;2*1H/i;;;;;;;;;;1+1. The molecule has 3 radical (unpaired) electrons. The molecule has 3 aromatic carbocycles. The fourth-order valence-electron chi connectivity index (χ4n) is 7.68. The van der Waals surface area contributed by atoms with Crippen molar-refractivity contribution in [2.45, 2.75) is 214 Å². The zero-order valence-electron chi connectivity index (χ0n) is 52.7. The van der Waals surface area contributed by atoms with Gasteiger partial charge >= 0.3 is 18.3 Å². The molecule has 525 valence electrons. The van der Waals surface area contributed by atoms with E-state index in [4.69, 9.17) is 40.4 Å². The van der Waals surface area contributed by atoms with Gasteiger partial charge in [0.15, 0.2) is 17.3 Å². The van der Waals surface area contributed by atoms with Gasteiger partial charge in [0.05, 0.1) is 24.1 Å². The second-order valence-corrected chi connectivity index (χ2v) is 20.9. The third kappa shape index (κ3) is 55.4. The van der Waals surface area contributed by atoms with Crippen molar-refractivity contribution in [3.05, 3.63) is 108 Å². The molecule has 0 saturated carbocycles. The number of Topliss-reactive ketones (excluding diaryl/α,β-unsaturated/α-hetero) is 7. The Morgan fingerprint density at radius 3 is 0.935 bits per heavy atom. The summed E-state index contributed by atoms with van der Waals surface area (Å²) in [6.07, 6.45) is 9.59. The normalized spacial score (nSPS) is 11.4. The van der Waals surface area contributed by atoms with Crippen molar-refractivity contribution in [2.75, 3.05) is 25.2 Å². The summed E-state index contributed by atoms with van der Waals surface area (Å²) in [7, 11) is 0. The number of hydrogen-bond donors (Lipinski definition) is 8. The van der Waals surface area contributed by atoms with Crippen LogP contribution >= 0.6 is 15.9 Å². The van der Waals surface area contributed by atoms with Crippen molar-refractivity contribution in [3.8, 4) is 0 Å². The second-order valence-electron chi connectivity index (χ2n) is 20.3. The van der Waals surface area contributed by atoms with Crippen LogP contribution in [-0.2, 0) is 67.6 Å². The maximum absolute atomic E-state index is 11.9. The maximum Gasteiger partial charge on any atom is 0.408 e. The molecule has 5 unspecified atom stereocenters. The van der Waals surface area contributed by atoms with Gasteiger partial charge in [-0.2, -0.15) is 0 Å². The Balaban J connectivity index is -0.000000171. The van der Waals surface area contributed by atoms with Gasteiger partial charge in [0.2, 0.25) is 0 Å². The number of halogens is 2. The molecule has 0 saturated heterocycles. The molecule has 92 heavy (non-hydrogen) atoms. The van der Waals surface area contributed by atoms with Gasteiger partial charge in [-0.05, 0) is 42.4 Å². The molecule has 0 aliphatic carbocycles. The van der Waals surface area contributed by atoms with E-state index < -0.39 is 73.3 Å². The van der Waals surface area contributed by atoms with Gasteiger partial charge < -0.3 is 56.3 Å². The summed E-state index contributed by atoms with van der Waals surface area (Å²) in [5.74, 6) is -1.62. The smallest absolute Gasteiger partial charge is 0.408 e. The van der Waals surface area contributed by atoms with Crippen molar-refractivity contribution >= 4 is 83.1 Å². The van der Waals surface area contributed by atoms with E-state index in [1.807, 2.05) is 80.6 Å². The Kier molecular flexibility index (Phi) is 76.1. The molecule has 0 spiro atoms. The van der Waals surface area contributed by atoms with Gasteiger partial charge in [0.25, 0.3) is 0 Å². The molecule has 0 fully saturated rings. The molecule has 3 amide bonds. The molecule has 9 N–H and O–H groups in total. The zero-order valence-corrected chi connectivity index (χ0v) is 56.4. The third-order valence-electron chi connectivity index (χ3n) is 12.8. The third-order valence-corrected chi connectivity index (χ3v) is 13.4. The van der Waals surface area contributed by atoms with Crippen LogP contribution in [0, 0.1) is 113 Å². The Labute approximate surface area is 646 Å². The van der Waals surface area contributed by atoms with Crippen LogP contribution in [0.3, 0.4) is 0 Å². The first-order chi connectivity index (χ1) is 41.3. The van der Waals surface area contributed by atoms with Gasteiger partial charge in [-0.15, -0.1) is 0 Å². The predicted molar refractivity (Wildman–Crippen MR) is 347 cm³/mol. The van der Waals surface area contributed by atoms with E-state index in [2.05, 4.69) is 45.7 Å². The van der Waals surface area contributed by atoms with Crippen LogP contribution in [0.5, 0.6) is 0 Å². The van der Waals surface area contributed by atoms with Crippen molar-refractivity contribution in [1.29, 1.82) is 0 Å². The summed E-state index contributed by atoms with van der Waals surface area (Å²) >= 11 is 3.08. The average molecular weight is 1440 g/mol. The Morgan fingerprint density at radius 2 is 0.707 bits per heavy atom. The molecule has 0 aromatic heterocycles. The number of unbranched alkanes of at least 4 members (excludes halogenated alkanes) is 8. The fourth-order valence-corrected chi connectivity index (χ4v) is 8.08. The number of ketones is 7. The number of carbonyl (C=O) groups excluding carboxylic acids is 10. The second kappa shape index (κ2) is 68.2. The molecule has 3 aromatic rings. The maximum atomic E-state index is 11.9. The first-order valence-electron chi connectivity index (χ1n) is 29.7. The van der Waals surface area contributed by atoms with Crippen LogP contribution < -0.4 is 21.7 Å². The van der Waals surface area contributed by atoms with Crippen LogP contribution in [0.25, 0.3) is 0 Å². The largest absolute Gasteiger partial charge is 0.445 e. The summed E-state index contributed by atoms with van der Waals surface area (Å²) in [6, 6.07) is 23.9. The monoisotopic (exact) mass is 1440 g/mol. The summed E-state index contributed by atoms with van der Waals surface area (Å²) in [5.41, 5.74) is 7.98. The van der Waals surface area contributed by atoms with E-state index in [0.717, 1.165) is 93.7 Å². The Bertz CT molecular complexity index is 2190.